The zero-order valence-corrected chi connectivity index (χ0v) is 13.3. The van der Waals surface area contributed by atoms with Gasteiger partial charge in [0.25, 0.3) is 0 Å². The van der Waals surface area contributed by atoms with Gasteiger partial charge in [-0.1, -0.05) is 67.5 Å². The summed E-state index contributed by atoms with van der Waals surface area (Å²) in [4.78, 5) is 0. The van der Waals surface area contributed by atoms with Gasteiger partial charge in [-0.25, -0.2) is 0 Å². The van der Waals surface area contributed by atoms with Crippen LogP contribution in [0.4, 0.5) is 0 Å². The number of rotatable bonds is 0. The maximum absolute atomic E-state index is 2.54. The molecule has 2 rings (SSSR count). The Morgan fingerprint density at radius 3 is 1.12 bits per heavy atom. The third-order valence-corrected chi connectivity index (χ3v) is 5.36. The van der Waals surface area contributed by atoms with Gasteiger partial charge >= 0.3 is 0 Å². The largest absolute Gasteiger partial charge is 0.0812 e. The average Bonchev–Trinajstić information content (AvgIpc) is 2.76. The highest BCUT2D eigenvalue weighted by Crippen LogP contribution is 2.68. The first kappa shape index (κ1) is 14.8. The lowest BCUT2D eigenvalue weighted by molar-refractivity contribution is 0.116. The summed E-state index contributed by atoms with van der Waals surface area (Å²) in [5.41, 5.74) is 1.82. The van der Waals surface area contributed by atoms with Crippen molar-refractivity contribution in [1.82, 2.24) is 0 Å². The standard InChI is InChI=1S/C15H26.C2H6/c1-12(2,3)14-7-9-15(11-14,10-8-14)13(4,5)6;1-2/h7,9H,8,10-11H2,1-6H3;1-2H3. The van der Waals surface area contributed by atoms with E-state index in [1.165, 1.54) is 19.3 Å². The molecule has 0 aromatic carbocycles. The maximum atomic E-state index is 2.54. The zero-order valence-electron chi connectivity index (χ0n) is 13.3. The van der Waals surface area contributed by atoms with E-state index in [0.717, 1.165) is 0 Å². The topological polar surface area (TPSA) is 0 Å². The molecule has 0 spiro atoms. The lowest BCUT2D eigenvalue weighted by atomic mass is 9.64. The Kier molecular flexibility index (Phi) is 3.60. The van der Waals surface area contributed by atoms with Gasteiger partial charge in [0.2, 0.25) is 0 Å². The monoisotopic (exact) mass is 236 g/mol. The first-order chi connectivity index (χ1) is 7.62. The van der Waals surface area contributed by atoms with E-state index < -0.39 is 0 Å². The molecule has 2 aliphatic carbocycles. The molecule has 0 amide bonds. The average molecular weight is 236 g/mol. The molecule has 2 atom stereocenters. The van der Waals surface area contributed by atoms with Gasteiger partial charge in [0.05, 0.1) is 0 Å². The number of hydrogen-bond donors (Lipinski definition) is 0. The second-order valence-electron chi connectivity index (χ2n) is 7.82. The molecule has 0 aromatic heterocycles. The minimum absolute atomic E-state index is 0.424. The summed E-state index contributed by atoms with van der Waals surface area (Å²) in [5.74, 6) is 0. The van der Waals surface area contributed by atoms with Crippen LogP contribution in [0.1, 0.15) is 74.7 Å². The molecule has 2 aliphatic rings. The molecule has 1 fully saturated rings. The van der Waals surface area contributed by atoms with Crippen LogP contribution in [0, 0.1) is 21.7 Å². The first-order valence-corrected chi connectivity index (χ1v) is 7.32. The van der Waals surface area contributed by atoms with E-state index in [0.29, 0.717) is 21.7 Å². The highest BCUT2D eigenvalue weighted by molar-refractivity contribution is 5.27. The minimum Gasteiger partial charge on any atom is -0.0812 e. The second kappa shape index (κ2) is 4.14. The summed E-state index contributed by atoms with van der Waals surface area (Å²) in [6.07, 6.45) is 9.25. The highest BCUT2D eigenvalue weighted by atomic mass is 14.6. The SMILES string of the molecule is CC.CC(C)(C)C12C=CC(C(C)(C)C)(CC1)C2. The summed E-state index contributed by atoms with van der Waals surface area (Å²) in [6, 6.07) is 0. The van der Waals surface area contributed by atoms with Crippen molar-refractivity contribution in [2.75, 3.05) is 0 Å². The van der Waals surface area contributed by atoms with E-state index in [1.54, 1.807) is 0 Å². The Morgan fingerprint density at radius 2 is 1.00 bits per heavy atom. The fourth-order valence-corrected chi connectivity index (χ4v) is 3.57. The Labute approximate surface area is 109 Å². The van der Waals surface area contributed by atoms with E-state index in [1.807, 2.05) is 13.8 Å². The van der Waals surface area contributed by atoms with Crippen LogP contribution in [-0.2, 0) is 0 Å². The van der Waals surface area contributed by atoms with Crippen molar-refractivity contribution in [1.29, 1.82) is 0 Å². The van der Waals surface area contributed by atoms with Crippen LogP contribution >= 0.6 is 0 Å². The fourth-order valence-electron chi connectivity index (χ4n) is 3.57. The van der Waals surface area contributed by atoms with Crippen LogP contribution < -0.4 is 0 Å². The second-order valence-corrected chi connectivity index (χ2v) is 7.82. The van der Waals surface area contributed by atoms with Crippen LogP contribution in [0.5, 0.6) is 0 Å². The number of hydrogen-bond acceptors (Lipinski definition) is 0. The summed E-state index contributed by atoms with van der Waals surface area (Å²) >= 11 is 0. The van der Waals surface area contributed by atoms with Gasteiger partial charge in [-0.3, -0.25) is 0 Å². The molecule has 0 N–H and O–H groups in total. The summed E-state index contributed by atoms with van der Waals surface area (Å²) in [7, 11) is 0. The van der Waals surface area contributed by atoms with E-state index in [2.05, 4.69) is 53.7 Å². The van der Waals surface area contributed by atoms with Gasteiger partial charge < -0.3 is 0 Å². The van der Waals surface area contributed by atoms with Crippen LogP contribution in [0.25, 0.3) is 0 Å². The predicted octanol–water partition coefficient (Wildman–Crippen LogP) is 5.83. The third kappa shape index (κ3) is 2.09. The lowest BCUT2D eigenvalue weighted by Gasteiger charge is -2.40. The minimum atomic E-state index is 0.424. The van der Waals surface area contributed by atoms with Crippen molar-refractivity contribution in [2.45, 2.75) is 74.7 Å². The Hall–Kier alpha value is -0.260. The van der Waals surface area contributed by atoms with Crippen molar-refractivity contribution in [2.24, 2.45) is 21.7 Å². The van der Waals surface area contributed by atoms with Gasteiger partial charge in [-0.2, -0.15) is 0 Å². The molecular weight excluding hydrogens is 204 g/mol. The van der Waals surface area contributed by atoms with Crippen LogP contribution in [0.15, 0.2) is 12.2 Å². The molecule has 0 aliphatic heterocycles. The Bertz CT molecular complexity index is 267. The van der Waals surface area contributed by atoms with Crippen molar-refractivity contribution >= 4 is 0 Å². The fraction of sp³-hybridized carbons (Fsp3) is 0.882. The van der Waals surface area contributed by atoms with Crippen molar-refractivity contribution in [3.63, 3.8) is 0 Å². The molecule has 0 heterocycles. The van der Waals surface area contributed by atoms with Gasteiger partial charge in [0.15, 0.2) is 0 Å². The third-order valence-electron chi connectivity index (χ3n) is 5.36. The lowest BCUT2D eigenvalue weighted by Crippen LogP contribution is -2.32. The van der Waals surface area contributed by atoms with Crippen molar-refractivity contribution in [3.8, 4) is 0 Å². The molecule has 0 radical (unpaired) electrons. The molecule has 2 unspecified atom stereocenters. The zero-order chi connectivity index (χ0) is 13.5. The van der Waals surface area contributed by atoms with Gasteiger partial charge in [0, 0.05) is 0 Å². The van der Waals surface area contributed by atoms with Crippen molar-refractivity contribution in [3.05, 3.63) is 12.2 Å². The smallest absolute Gasteiger partial charge is 0.00608 e. The van der Waals surface area contributed by atoms with Gasteiger partial charge in [0.1, 0.15) is 0 Å². The van der Waals surface area contributed by atoms with E-state index in [-0.39, 0.29) is 0 Å². The molecule has 2 bridgehead atoms. The van der Waals surface area contributed by atoms with E-state index in [4.69, 9.17) is 0 Å². The quantitative estimate of drug-likeness (QED) is 0.464. The molecule has 100 valence electrons. The van der Waals surface area contributed by atoms with E-state index in [9.17, 15) is 0 Å². The molecule has 0 heteroatoms. The molecular formula is C17H32. The van der Waals surface area contributed by atoms with Crippen LogP contribution in [0.3, 0.4) is 0 Å². The summed E-state index contributed by atoms with van der Waals surface area (Å²) < 4.78 is 0. The van der Waals surface area contributed by atoms with Crippen LogP contribution in [-0.4, -0.2) is 0 Å². The summed E-state index contributed by atoms with van der Waals surface area (Å²) in [5, 5.41) is 0. The normalized spacial score (nSPS) is 35.8. The maximum Gasteiger partial charge on any atom is -0.00608 e. The van der Waals surface area contributed by atoms with Crippen LogP contribution in [0.2, 0.25) is 0 Å². The molecule has 0 aromatic rings. The molecule has 1 saturated carbocycles. The molecule has 0 nitrogen and oxygen atoms in total. The van der Waals surface area contributed by atoms with Gasteiger partial charge in [-0.05, 0) is 40.9 Å². The summed E-state index contributed by atoms with van der Waals surface area (Å²) in [6.45, 7) is 18.4. The van der Waals surface area contributed by atoms with Gasteiger partial charge in [-0.15, -0.1) is 0 Å². The van der Waals surface area contributed by atoms with Crippen molar-refractivity contribution < 1.29 is 0 Å². The number of allylic oxidation sites excluding steroid dienone is 2. The Morgan fingerprint density at radius 1 is 0.706 bits per heavy atom. The Balaban J connectivity index is 0.000000686. The molecule has 17 heavy (non-hydrogen) atoms. The highest BCUT2D eigenvalue weighted by Gasteiger charge is 2.58. The van der Waals surface area contributed by atoms with E-state index >= 15 is 0 Å². The molecule has 0 saturated heterocycles. The number of fused-ring (bicyclic) bond motifs is 2. The first-order valence-electron chi connectivity index (χ1n) is 7.32. The predicted molar refractivity (Wildman–Crippen MR) is 78.1 cm³/mol.